The molecule has 3 aromatic rings. The number of halogens is 5. The smallest absolute Gasteiger partial charge is 0.200 e. The summed E-state index contributed by atoms with van der Waals surface area (Å²) in [4.78, 5) is 4.69. The minimum absolute atomic E-state index is 0.0397. The second kappa shape index (κ2) is 9.02. The summed E-state index contributed by atoms with van der Waals surface area (Å²) in [5, 5.41) is 1.27. The summed E-state index contributed by atoms with van der Waals surface area (Å²) in [5.41, 5.74) is 2.92. The van der Waals surface area contributed by atoms with Crippen LogP contribution in [0.5, 0.6) is 0 Å². The van der Waals surface area contributed by atoms with E-state index in [1.54, 1.807) is 0 Å². The van der Waals surface area contributed by atoms with Gasteiger partial charge in [-0.2, -0.15) is 0 Å². The molecular formula is C22H19F5N2O2S2. The van der Waals surface area contributed by atoms with Crippen molar-refractivity contribution in [3.8, 4) is 11.3 Å². The second-order valence-electron chi connectivity index (χ2n) is 7.70. The van der Waals surface area contributed by atoms with E-state index in [0.29, 0.717) is 5.13 Å². The molecule has 0 unspecified atom stereocenters. The SMILES string of the molecule is CCc1ccc(-c2csc(N3CCC(S(=O)(=O)c4c(F)c(F)c(F)c(F)c4F)CC3)n2)cc1. The lowest BCUT2D eigenvalue weighted by Gasteiger charge is -2.31. The normalized spacial score (nSPS) is 15.3. The van der Waals surface area contributed by atoms with Crippen molar-refractivity contribution in [3.63, 3.8) is 0 Å². The molecule has 2 heterocycles. The van der Waals surface area contributed by atoms with Gasteiger partial charge in [0.05, 0.1) is 10.9 Å². The van der Waals surface area contributed by atoms with Crippen LogP contribution in [0, 0.1) is 29.1 Å². The average Bonchev–Trinajstić information content (AvgIpc) is 3.32. The van der Waals surface area contributed by atoms with E-state index >= 15 is 0 Å². The number of aromatic nitrogens is 1. The number of sulfone groups is 1. The molecule has 1 aliphatic heterocycles. The van der Waals surface area contributed by atoms with Crippen LogP contribution in [-0.4, -0.2) is 31.7 Å². The maximum atomic E-state index is 14.1. The molecule has 0 saturated carbocycles. The van der Waals surface area contributed by atoms with E-state index < -0.39 is 49.1 Å². The number of anilines is 1. The quantitative estimate of drug-likeness (QED) is 0.200. The molecule has 11 heteroatoms. The number of piperidine rings is 1. The average molecular weight is 503 g/mol. The van der Waals surface area contributed by atoms with Crippen molar-refractivity contribution in [1.29, 1.82) is 0 Å². The molecule has 176 valence electrons. The van der Waals surface area contributed by atoms with Crippen LogP contribution < -0.4 is 4.90 Å². The van der Waals surface area contributed by atoms with Gasteiger partial charge >= 0.3 is 0 Å². The Morgan fingerprint density at radius 3 is 2.03 bits per heavy atom. The molecule has 0 aliphatic carbocycles. The molecular weight excluding hydrogens is 483 g/mol. The van der Waals surface area contributed by atoms with Crippen LogP contribution in [-0.2, 0) is 16.3 Å². The fraction of sp³-hybridized carbons (Fsp3) is 0.318. The molecule has 1 fully saturated rings. The molecule has 4 rings (SSSR count). The van der Waals surface area contributed by atoms with Gasteiger partial charge in [0.15, 0.2) is 38.2 Å². The third-order valence-corrected chi connectivity index (χ3v) is 8.93. The topological polar surface area (TPSA) is 50.3 Å². The van der Waals surface area contributed by atoms with Gasteiger partial charge in [0.25, 0.3) is 0 Å². The van der Waals surface area contributed by atoms with Crippen LogP contribution in [0.3, 0.4) is 0 Å². The molecule has 4 nitrogen and oxygen atoms in total. The molecule has 0 amide bonds. The van der Waals surface area contributed by atoms with E-state index in [1.807, 2.05) is 34.5 Å². The predicted molar refractivity (Wildman–Crippen MR) is 116 cm³/mol. The van der Waals surface area contributed by atoms with Crippen molar-refractivity contribution in [1.82, 2.24) is 4.98 Å². The Morgan fingerprint density at radius 2 is 1.48 bits per heavy atom. The Kier molecular flexibility index (Phi) is 6.45. The van der Waals surface area contributed by atoms with Crippen molar-refractivity contribution in [2.24, 2.45) is 0 Å². The first-order chi connectivity index (χ1) is 15.6. The van der Waals surface area contributed by atoms with Crippen LogP contribution in [0.1, 0.15) is 25.3 Å². The largest absolute Gasteiger partial charge is 0.348 e. The number of hydrogen-bond acceptors (Lipinski definition) is 5. The maximum Gasteiger partial charge on any atom is 0.200 e. The second-order valence-corrected chi connectivity index (χ2v) is 10.7. The van der Waals surface area contributed by atoms with Crippen molar-refractivity contribution < 1.29 is 30.4 Å². The van der Waals surface area contributed by atoms with Gasteiger partial charge in [0.2, 0.25) is 5.82 Å². The highest BCUT2D eigenvalue weighted by Crippen LogP contribution is 2.34. The van der Waals surface area contributed by atoms with Crippen LogP contribution in [0.4, 0.5) is 27.1 Å². The molecule has 0 bridgehead atoms. The molecule has 2 aromatic carbocycles. The van der Waals surface area contributed by atoms with Crippen LogP contribution in [0.2, 0.25) is 0 Å². The Labute approximate surface area is 191 Å². The fourth-order valence-electron chi connectivity index (χ4n) is 3.81. The third-order valence-electron chi connectivity index (χ3n) is 5.76. The van der Waals surface area contributed by atoms with Gasteiger partial charge in [-0.05, 0) is 24.8 Å². The van der Waals surface area contributed by atoms with Gasteiger partial charge < -0.3 is 4.90 Å². The van der Waals surface area contributed by atoms with Crippen molar-refractivity contribution in [2.45, 2.75) is 36.3 Å². The molecule has 0 N–H and O–H groups in total. The predicted octanol–water partition coefficient (Wildman–Crippen LogP) is 5.51. The van der Waals surface area contributed by atoms with Gasteiger partial charge in [-0.3, -0.25) is 0 Å². The number of benzene rings is 2. The highest BCUT2D eigenvalue weighted by molar-refractivity contribution is 7.92. The van der Waals surface area contributed by atoms with E-state index in [2.05, 4.69) is 11.9 Å². The molecule has 0 radical (unpaired) electrons. The van der Waals surface area contributed by atoms with Crippen LogP contribution in [0.25, 0.3) is 11.3 Å². The maximum absolute atomic E-state index is 14.1. The van der Waals surface area contributed by atoms with Crippen LogP contribution >= 0.6 is 11.3 Å². The Hall–Kier alpha value is -2.53. The summed E-state index contributed by atoms with van der Waals surface area (Å²) in [6.07, 6.45) is 0.843. The van der Waals surface area contributed by atoms with Crippen molar-refractivity contribution in [3.05, 3.63) is 64.3 Å². The summed E-state index contributed by atoms with van der Waals surface area (Å²) >= 11 is 1.38. The Morgan fingerprint density at radius 1 is 0.939 bits per heavy atom. The highest BCUT2D eigenvalue weighted by Gasteiger charge is 2.39. The number of hydrogen-bond donors (Lipinski definition) is 0. The number of nitrogens with zero attached hydrogens (tertiary/aromatic N) is 2. The van der Waals surface area contributed by atoms with Crippen molar-refractivity contribution in [2.75, 3.05) is 18.0 Å². The lowest BCUT2D eigenvalue weighted by atomic mass is 10.1. The van der Waals surface area contributed by atoms with E-state index in [1.165, 1.54) is 16.9 Å². The number of aryl methyl sites for hydroxylation is 1. The summed E-state index contributed by atoms with van der Waals surface area (Å²) < 4.78 is 94.0. The summed E-state index contributed by atoms with van der Waals surface area (Å²) in [7, 11) is -4.78. The highest BCUT2D eigenvalue weighted by atomic mass is 32.2. The first-order valence-electron chi connectivity index (χ1n) is 10.2. The first kappa shape index (κ1) is 23.6. The van der Waals surface area contributed by atoms with E-state index in [9.17, 15) is 30.4 Å². The van der Waals surface area contributed by atoms with Gasteiger partial charge in [0.1, 0.15) is 4.90 Å². The standard InChI is InChI=1S/C22H19F5N2O2S2/c1-2-12-3-5-13(6-4-12)15-11-32-22(28-15)29-9-7-14(8-10-29)33(30,31)21-19(26)17(24)16(23)18(25)20(21)27/h3-6,11,14H,2,7-10H2,1H3. The monoisotopic (exact) mass is 502 g/mol. The van der Waals surface area contributed by atoms with Gasteiger partial charge in [-0.25, -0.2) is 35.4 Å². The minimum Gasteiger partial charge on any atom is -0.348 e. The zero-order chi connectivity index (χ0) is 23.9. The molecule has 0 atom stereocenters. The number of thiazole rings is 1. The molecule has 1 saturated heterocycles. The molecule has 33 heavy (non-hydrogen) atoms. The van der Waals surface area contributed by atoms with E-state index in [4.69, 9.17) is 0 Å². The van der Waals surface area contributed by atoms with Gasteiger partial charge in [-0.15, -0.1) is 11.3 Å². The summed E-state index contributed by atoms with van der Waals surface area (Å²) in [6.45, 7) is 2.48. The van der Waals surface area contributed by atoms with E-state index in [-0.39, 0.29) is 25.9 Å². The minimum atomic E-state index is -4.78. The Balaban J connectivity index is 1.51. The van der Waals surface area contributed by atoms with Crippen molar-refractivity contribution >= 4 is 26.3 Å². The Bertz CT molecular complexity index is 1260. The van der Waals surface area contributed by atoms with Crippen LogP contribution in [0.15, 0.2) is 34.5 Å². The first-order valence-corrected chi connectivity index (χ1v) is 12.6. The fourth-order valence-corrected chi connectivity index (χ4v) is 6.54. The third kappa shape index (κ3) is 4.23. The molecule has 1 aliphatic rings. The molecule has 0 spiro atoms. The lowest BCUT2D eigenvalue weighted by Crippen LogP contribution is -2.40. The number of rotatable bonds is 5. The molecule has 1 aromatic heterocycles. The summed E-state index contributed by atoms with van der Waals surface area (Å²) in [5.74, 6) is -11.6. The lowest BCUT2D eigenvalue weighted by molar-refractivity contribution is 0.356. The zero-order valence-corrected chi connectivity index (χ0v) is 19.0. The zero-order valence-electron chi connectivity index (χ0n) is 17.4. The van der Waals surface area contributed by atoms with Gasteiger partial charge in [0, 0.05) is 24.0 Å². The van der Waals surface area contributed by atoms with E-state index in [0.717, 1.165) is 17.7 Å². The van der Waals surface area contributed by atoms with Gasteiger partial charge in [-0.1, -0.05) is 31.2 Å². The summed E-state index contributed by atoms with van der Waals surface area (Å²) in [6, 6.07) is 7.98.